The molecule has 2 rings (SSSR count). The molecular weight excluding hydrogens is 276 g/mol. The number of hydrogen-bond acceptors (Lipinski definition) is 3. The van der Waals surface area contributed by atoms with Crippen molar-refractivity contribution in [1.29, 1.82) is 0 Å². The summed E-state index contributed by atoms with van der Waals surface area (Å²) in [6.07, 6.45) is 6.23. The minimum absolute atomic E-state index is 0.502. The number of piperidine rings is 1. The fourth-order valence-corrected chi connectivity index (χ4v) is 3.71. The van der Waals surface area contributed by atoms with Crippen LogP contribution in [-0.2, 0) is 4.74 Å². The smallest absolute Gasteiger partial charge is 0.191 e. The Labute approximate surface area is 135 Å². The van der Waals surface area contributed by atoms with Crippen LogP contribution < -0.4 is 5.73 Å². The van der Waals surface area contributed by atoms with Crippen LogP contribution in [-0.4, -0.2) is 67.7 Å². The maximum atomic E-state index is 6.24. The van der Waals surface area contributed by atoms with E-state index in [0.29, 0.717) is 12.0 Å². The summed E-state index contributed by atoms with van der Waals surface area (Å²) in [4.78, 5) is 9.60. The second-order valence-electron chi connectivity index (χ2n) is 6.54. The van der Waals surface area contributed by atoms with Gasteiger partial charge in [0.05, 0.1) is 19.8 Å². The van der Waals surface area contributed by atoms with Gasteiger partial charge < -0.3 is 15.4 Å². The van der Waals surface area contributed by atoms with E-state index in [1.165, 1.54) is 32.1 Å². The van der Waals surface area contributed by atoms with Crippen LogP contribution >= 0.6 is 0 Å². The summed E-state index contributed by atoms with van der Waals surface area (Å²) < 4.78 is 5.51. The number of aliphatic imine (C=N–C) groups is 1. The third-order valence-electron chi connectivity index (χ3n) is 5.23. The highest BCUT2D eigenvalue weighted by Gasteiger charge is 2.27. The second-order valence-corrected chi connectivity index (χ2v) is 6.54. The van der Waals surface area contributed by atoms with Crippen LogP contribution in [0, 0.1) is 5.92 Å². The Hall–Kier alpha value is -0.810. The van der Waals surface area contributed by atoms with Gasteiger partial charge >= 0.3 is 0 Å². The lowest BCUT2D eigenvalue weighted by molar-refractivity contribution is 0.00391. The van der Waals surface area contributed by atoms with Crippen molar-refractivity contribution < 1.29 is 4.74 Å². The zero-order valence-corrected chi connectivity index (χ0v) is 14.5. The van der Waals surface area contributed by atoms with Crippen LogP contribution in [0.3, 0.4) is 0 Å². The van der Waals surface area contributed by atoms with E-state index in [-0.39, 0.29) is 0 Å². The molecule has 2 heterocycles. The molecule has 0 radical (unpaired) electrons. The van der Waals surface area contributed by atoms with Gasteiger partial charge in [-0.3, -0.25) is 9.89 Å². The molecule has 2 saturated heterocycles. The van der Waals surface area contributed by atoms with Gasteiger partial charge in [-0.15, -0.1) is 0 Å². The quantitative estimate of drug-likeness (QED) is 0.601. The van der Waals surface area contributed by atoms with Crippen molar-refractivity contribution in [2.24, 2.45) is 16.6 Å². The molecule has 1 unspecified atom stereocenters. The van der Waals surface area contributed by atoms with Crippen molar-refractivity contribution >= 4 is 5.96 Å². The maximum absolute atomic E-state index is 6.24. The number of nitrogens with two attached hydrogens (primary N) is 1. The van der Waals surface area contributed by atoms with Gasteiger partial charge in [-0.05, 0) is 25.2 Å². The average Bonchev–Trinajstić information content (AvgIpc) is 2.60. The first-order valence-corrected chi connectivity index (χ1v) is 9.12. The van der Waals surface area contributed by atoms with E-state index in [1.54, 1.807) is 0 Å². The van der Waals surface area contributed by atoms with Crippen LogP contribution in [0.2, 0.25) is 0 Å². The molecule has 0 amide bonds. The molecule has 128 valence electrons. The summed E-state index contributed by atoms with van der Waals surface area (Å²) >= 11 is 0. The number of nitrogens with zero attached hydrogens (tertiary/aromatic N) is 3. The minimum atomic E-state index is 0.502. The fourth-order valence-electron chi connectivity index (χ4n) is 3.71. The fraction of sp³-hybridized carbons (Fsp3) is 0.941. The van der Waals surface area contributed by atoms with Crippen molar-refractivity contribution in [2.75, 3.05) is 45.9 Å². The molecule has 0 aromatic heterocycles. The summed E-state index contributed by atoms with van der Waals surface area (Å²) in [5.74, 6) is 1.44. The van der Waals surface area contributed by atoms with Gasteiger partial charge in [0.25, 0.3) is 0 Å². The number of morpholine rings is 1. The highest BCUT2D eigenvalue weighted by Crippen LogP contribution is 2.20. The van der Waals surface area contributed by atoms with Gasteiger partial charge in [0.2, 0.25) is 0 Å². The van der Waals surface area contributed by atoms with Crippen molar-refractivity contribution in [1.82, 2.24) is 9.80 Å². The van der Waals surface area contributed by atoms with Crippen LogP contribution in [0.4, 0.5) is 0 Å². The van der Waals surface area contributed by atoms with Crippen molar-refractivity contribution in [3.8, 4) is 0 Å². The molecule has 0 aromatic rings. The van der Waals surface area contributed by atoms with E-state index in [0.717, 1.165) is 51.9 Å². The topological polar surface area (TPSA) is 54.1 Å². The standard InChI is InChI=1S/C17H34N4O/c1-3-15(4-2)16(20-10-12-22-13-11-20)14-19-17(18)21-8-6-5-7-9-21/h15-16H,3-14H2,1-2H3,(H2,18,19). The molecule has 0 spiro atoms. The Bertz CT molecular complexity index is 332. The Morgan fingerprint density at radius 3 is 2.27 bits per heavy atom. The number of ether oxygens (including phenoxy) is 1. The van der Waals surface area contributed by atoms with Gasteiger partial charge in [0, 0.05) is 32.2 Å². The molecule has 0 saturated carbocycles. The molecule has 22 heavy (non-hydrogen) atoms. The SMILES string of the molecule is CCC(CC)C(CN=C(N)N1CCCCC1)N1CCOCC1. The molecule has 0 aromatic carbocycles. The number of hydrogen-bond donors (Lipinski definition) is 1. The predicted octanol–water partition coefficient (Wildman–Crippen LogP) is 1.92. The van der Waals surface area contributed by atoms with Gasteiger partial charge in [0.15, 0.2) is 5.96 Å². The Kier molecular flexibility index (Phi) is 7.46. The molecule has 2 aliphatic rings. The van der Waals surface area contributed by atoms with E-state index in [1.807, 2.05) is 0 Å². The Morgan fingerprint density at radius 2 is 1.68 bits per heavy atom. The summed E-state index contributed by atoms with van der Waals surface area (Å²) in [5, 5.41) is 0. The molecular formula is C17H34N4O. The average molecular weight is 310 g/mol. The van der Waals surface area contributed by atoms with Crippen LogP contribution in [0.5, 0.6) is 0 Å². The van der Waals surface area contributed by atoms with Crippen molar-refractivity contribution in [3.63, 3.8) is 0 Å². The monoisotopic (exact) mass is 310 g/mol. The minimum Gasteiger partial charge on any atom is -0.379 e. The van der Waals surface area contributed by atoms with Crippen molar-refractivity contribution in [2.45, 2.75) is 52.0 Å². The number of guanidine groups is 1. The summed E-state index contributed by atoms with van der Waals surface area (Å²) in [6, 6.07) is 0.502. The Balaban J connectivity index is 1.97. The molecule has 2 aliphatic heterocycles. The van der Waals surface area contributed by atoms with Crippen LogP contribution in [0.1, 0.15) is 46.0 Å². The molecule has 0 aliphatic carbocycles. The van der Waals surface area contributed by atoms with Gasteiger partial charge in [0.1, 0.15) is 0 Å². The van der Waals surface area contributed by atoms with Gasteiger partial charge in [-0.2, -0.15) is 0 Å². The molecule has 2 fully saturated rings. The molecule has 5 heteroatoms. The summed E-state index contributed by atoms with van der Waals surface area (Å²) in [6.45, 7) is 11.3. The largest absolute Gasteiger partial charge is 0.379 e. The van der Waals surface area contributed by atoms with Crippen LogP contribution in [0.25, 0.3) is 0 Å². The second kappa shape index (κ2) is 9.36. The Morgan fingerprint density at radius 1 is 1.05 bits per heavy atom. The van der Waals surface area contributed by atoms with Gasteiger partial charge in [-0.25, -0.2) is 0 Å². The first kappa shape index (κ1) is 17.5. The van der Waals surface area contributed by atoms with E-state index < -0.39 is 0 Å². The lowest BCUT2D eigenvalue weighted by Crippen LogP contribution is -2.49. The molecule has 1 atom stereocenters. The van der Waals surface area contributed by atoms with E-state index >= 15 is 0 Å². The summed E-state index contributed by atoms with van der Waals surface area (Å²) in [7, 11) is 0. The number of rotatable bonds is 6. The molecule has 0 bridgehead atoms. The van der Waals surface area contributed by atoms with E-state index in [4.69, 9.17) is 15.5 Å². The zero-order chi connectivity index (χ0) is 15.8. The highest BCUT2D eigenvalue weighted by atomic mass is 16.5. The summed E-state index contributed by atoms with van der Waals surface area (Å²) in [5.41, 5.74) is 6.24. The predicted molar refractivity (Wildman–Crippen MR) is 92.2 cm³/mol. The third-order valence-corrected chi connectivity index (χ3v) is 5.23. The van der Waals surface area contributed by atoms with E-state index in [2.05, 4.69) is 23.6 Å². The first-order valence-electron chi connectivity index (χ1n) is 9.12. The third kappa shape index (κ3) is 4.85. The van der Waals surface area contributed by atoms with Crippen molar-refractivity contribution in [3.05, 3.63) is 0 Å². The van der Waals surface area contributed by atoms with E-state index in [9.17, 15) is 0 Å². The molecule has 5 nitrogen and oxygen atoms in total. The lowest BCUT2D eigenvalue weighted by Gasteiger charge is -2.38. The lowest BCUT2D eigenvalue weighted by atomic mass is 9.92. The molecule has 2 N–H and O–H groups in total. The normalized spacial score (nSPS) is 23.0. The highest BCUT2D eigenvalue weighted by molar-refractivity contribution is 5.78. The maximum Gasteiger partial charge on any atom is 0.191 e. The first-order chi connectivity index (χ1) is 10.8. The van der Waals surface area contributed by atoms with Gasteiger partial charge in [-0.1, -0.05) is 26.7 Å². The zero-order valence-electron chi connectivity index (χ0n) is 14.5. The number of likely N-dealkylation sites (tertiary alicyclic amines) is 1. The van der Waals surface area contributed by atoms with Crippen LogP contribution in [0.15, 0.2) is 4.99 Å².